The molecule has 0 aliphatic rings. The Labute approximate surface area is 626 Å². The van der Waals surface area contributed by atoms with Gasteiger partial charge < -0.3 is 33.8 Å². The second-order valence-corrected chi connectivity index (χ2v) is 34.0. The van der Waals surface area contributed by atoms with Crippen molar-refractivity contribution < 1.29 is 80.2 Å². The summed E-state index contributed by atoms with van der Waals surface area (Å²) < 4.78 is 68.8. The maximum absolute atomic E-state index is 13.1. The lowest BCUT2D eigenvalue weighted by atomic mass is 9.99. The van der Waals surface area contributed by atoms with Crippen molar-refractivity contribution in [3.63, 3.8) is 0 Å². The van der Waals surface area contributed by atoms with Crippen molar-refractivity contribution in [2.45, 2.75) is 452 Å². The highest BCUT2D eigenvalue weighted by Gasteiger charge is 2.30. The molecule has 0 rings (SSSR count). The van der Waals surface area contributed by atoms with Gasteiger partial charge in [0.2, 0.25) is 0 Å². The van der Waals surface area contributed by atoms with E-state index in [1.54, 1.807) is 0 Å². The van der Waals surface area contributed by atoms with Crippen LogP contribution in [0.1, 0.15) is 434 Å². The zero-order valence-electron chi connectivity index (χ0n) is 67.1. The van der Waals surface area contributed by atoms with Crippen LogP contribution in [0.25, 0.3) is 0 Å². The first-order chi connectivity index (χ1) is 49.3. The summed E-state index contributed by atoms with van der Waals surface area (Å²) in [5, 5.41) is 10.7. The number of hydrogen-bond donors (Lipinski definition) is 3. The smallest absolute Gasteiger partial charge is 0.462 e. The van der Waals surface area contributed by atoms with E-state index >= 15 is 0 Å². The summed E-state index contributed by atoms with van der Waals surface area (Å²) in [4.78, 5) is 73.2. The minimum absolute atomic E-state index is 0.107. The van der Waals surface area contributed by atoms with Crippen LogP contribution in [0.4, 0.5) is 0 Å². The number of carbonyl (C=O) groups is 4. The Morgan fingerprint density at radius 1 is 0.284 bits per heavy atom. The van der Waals surface area contributed by atoms with Gasteiger partial charge in [0.05, 0.1) is 26.4 Å². The third-order valence-corrected chi connectivity index (χ3v) is 21.6. The van der Waals surface area contributed by atoms with E-state index in [4.69, 9.17) is 37.0 Å². The van der Waals surface area contributed by atoms with Crippen LogP contribution in [-0.2, 0) is 65.4 Å². The number of ether oxygens (including phenoxy) is 4. The number of rotatable bonds is 81. The van der Waals surface area contributed by atoms with Crippen LogP contribution in [-0.4, -0.2) is 96.7 Å². The van der Waals surface area contributed by atoms with Crippen molar-refractivity contribution in [2.24, 2.45) is 17.8 Å². The van der Waals surface area contributed by atoms with Gasteiger partial charge in [-0.2, -0.15) is 0 Å². The highest BCUT2D eigenvalue weighted by atomic mass is 31.2. The van der Waals surface area contributed by atoms with Crippen molar-refractivity contribution in [3.05, 3.63) is 0 Å². The van der Waals surface area contributed by atoms with Crippen molar-refractivity contribution in [1.29, 1.82) is 0 Å². The molecule has 0 heterocycles. The molecule has 606 valence electrons. The molecule has 0 saturated heterocycles. The molecule has 0 amide bonds. The van der Waals surface area contributed by atoms with E-state index in [9.17, 15) is 43.2 Å². The van der Waals surface area contributed by atoms with Gasteiger partial charge >= 0.3 is 39.5 Å². The van der Waals surface area contributed by atoms with Gasteiger partial charge in [-0.3, -0.25) is 37.3 Å². The van der Waals surface area contributed by atoms with Gasteiger partial charge in [0.25, 0.3) is 0 Å². The van der Waals surface area contributed by atoms with Crippen LogP contribution in [0.3, 0.4) is 0 Å². The number of aliphatic hydroxyl groups is 1. The average molecular weight is 1490 g/mol. The molecule has 0 aromatic heterocycles. The number of hydrogen-bond acceptors (Lipinski definition) is 15. The van der Waals surface area contributed by atoms with E-state index in [1.165, 1.54) is 244 Å². The Morgan fingerprint density at radius 2 is 0.500 bits per heavy atom. The molecule has 3 unspecified atom stereocenters. The molecule has 0 bridgehead atoms. The van der Waals surface area contributed by atoms with E-state index in [1.807, 2.05) is 0 Å². The Hall–Kier alpha value is -1.94. The molecule has 0 radical (unpaired) electrons. The zero-order valence-corrected chi connectivity index (χ0v) is 68.9. The Balaban J connectivity index is 5.27. The van der Waals surface area contributed by atoms with Crippen LogP contribution in [0.2, 0.25) is 0 Å². The monoisotopic (exact) mass is 1490 g/mol. The topological polar surface area (TPSA) is 237 Å². The summed E-state index contributed by atoms with van der Waals surface area (Å²) >= 11 is 0. The molecule has 17 nitrogen and oxygen atoms in total. The molecule has 0 aromatic carbocycles. The first-order valence-corrected chi connectivity index (χ1v) is 45.9. The van der Waals surface area contributed by atoms with Crippen LogP contribution in [0.5, 0.6) is 0 Å². The molecule has 0 saturated carbocycles. The largest absolute Gasteiger partial charge is 0.472 e. The minimum atomic E-state index is -4.96. The van der Waals surface area contributed by atoms with E-state index in [0.717, 1.165) is 108 Å². The highest BCUT2D eigenvalue weighted by molar-refractivity contribution is 7.47. The molecule has 0 aliphatic carbocycles. The first kappa shape index (κ1) is 100. The molecule has 0 spiro atoms. The summed E-state index contributed by atoms with van der Waals surface area (Å²) in [5.74, 6) is 0.299. The zero-order chi connectivity index (χ0) is 75.1. The fourth-order valence-corrected chi connectivity index (χ4v) is 14.4. The molecule has 0 aromatic rings. The van der Waals surface area contributed by atoms with Gasteiger partial charge in [-0.05, 0) is 43.4 Å². The van der Waals surface area contributed by atoms with E-state index in [2.05, 4.69) is 48.5 Å². The second kappa shape index (κ2) is 73.2. The van der Waals surface area contributed by atoms with E-state index in [-0.39, 0.29) is 25.7 Å². The predicted molar refractivity (Wildman–Crippen MR) is 418 cm³/mol. The molecular weight excluding hydrogens is 1330 g/mol. The Morgan fingerprint density at radius 3 is 0.745 bits per heavy atom. The second-order valence-electron chi connectivity index (χ2n) is 31.1. The van der Waals surface area contributed by atoms with Gasteiger partial charge in [0, 0.05) is 25.7 Å². The number of phosphoric acid groups is 2. The molecule has 0 aliphatic heterocycles. The average Bonchev–Trinajstić information content (AvgIpc) is 0.920. The quantitative estimate of drug-likeness (QED) is 0.0222. The maximum Gasteiger partial charge on any atom is 0.472 e. The third-order valence-electron chi connectivity index (χ3n) is 19.7. The Kier molecular flexibility index (Phi) is 71.8. The standard InChI is InChI=1S/C83H162O17P2/c1-8-10-11-12-13-14-15-21-28-36-43-50-57-64-80(85)93-71-79(100-83(88)67-60-53-46-39-32-31-35-42-49-56-63-76(7)9-2)73-98-102(91,92)96-69-77(84)68-95-101(89,90)97-72-78(70-94-81(86)65-58-51-44-37-29-24-20-19-23-27-34-41-48-55-62-75(5)6)99-82(87)66-59-52-45-38-30-25-18-16-17-22-26-33-40-47-54-61-74(3)4/h74-79,84H,8-73H2,1-7H3,(H,89,90)(H,91,92)/t76?,77-,78-,79-/m1/s1. The normalized spacial score (nSPS) is 14.2. The molecule has 6 atom stereocenters. The van der Waals surface area contributed by atoms with Crippen LogP contribution < -0.4 is 0 Å². The molecule has 19 heteroatoms. The molecule has 0 fully saturated rings. The fourth-order valence-electron chi connectivity index (χ4n) is 12.8. The minimum Gasteiger partial charge on any atom is -0.462 e. The summed E-state index contributed by atoms with van der Waals surface area (Å²) in [6.45, 7) is 12.0. The van der Waals surface area contributed by atoms with Gasteiger partial charge in [0.1, 0.15) is 19.3 Å². The van der Waals surface area contributed by atoms with Gasteiger partial charge in [-0.1, -0.05) is 382 Å². The van der Waals surface area contributed by atoms with Gasteiger partial charge in [-0.25, -0.2) is 9.13 Å². The summed E-state index contributed by atoms with van der Waals surface area (Å²) in [6.07, 6.45) is 62.2. The third kappa shape index (κ3) is 74.9. The van der Waals surface area contributed by atoms with Gasteiger partial charge in [0.15, 0.2) is 12.2 Å². The molecule has 102 heavy (non-hydrogen) atoms. The summed E-state index contributed by atoms with van der Waals surface area (Å²) in [7, 11) is -9.93. The molecule has 3 N–H and O–H groups in total. The van der Waals surface area contributed by atoms with Crippen LogP contribution >= 0.6 is 15.6 Å². The summed E-state index contributed by atoms with van der Waals surface area (Å²) in [5.41, 5.74) is 0. The number of unbranched alkanes of at least 4 members (excludes halogenated alkanes) is 48. The van der Waals surface area contributed by atoms with E-state index < -0.39 is 97.5 Å². The number of phosphoric ester groups is 2. The van der Waals surface area contributed by atoms with Crippen molar-refractivity contribution >= 4 is 39.5 Å². The molecular formula is C83H162O17P2. The number of carbonyl (C=O) groups excluding carboxylic acids is 4. The van der Waals surface area contributed by atoms with E-state index in [0.29, 0.717) is 25.7 Å². The lowest BCUT2D eigenvalue weighted by molar-refractivity contribution is -0.161. The number of esters is 4. The first-order valence-electron chi connectivity index (χ1n) is 42.9. The predicted octanol–water partition coefficient (Wildman–Crippen LogP) is 24.9. The fraction of sp³-hybridized carbons (Fsp3) is 0.952. The van der Waals surface area contributed by atoms with Gasteiger partial charge in [-0.15, -0.1) is 0 Å². The van der Waals surface area contributed by atoms with Crippen LogP contribution in [0, 0.1) is 17.8 Å². The SMILES string of the molecule is CCCCCCCCCCCCCCCC(=O)OC[C@H](COP(=O)(O)OC[C@H](O)COP(=O)(O)OC[C@@H](COC(=O)CCCCCCCCCCCCCCCCC(C)C)OC(=O)CCCCCCCCCCCCCCCCCC(C)C)OC(=O)CCCCCCCCCCCCC(C)CC. The highest BCUT2D eigenvalue weighted by Crippen LogP contribution is 2.45. The number of aliphatic hydroxyl groups excluding tert-OH is 1. The van der Waals surface area contributed by atoms with Crippen molar-refractivity contribution in [1.82, 2.24) is 0 Å². The summed E-state index contributed by atoms with van der Waals surface area (Å²) in [6, 6.07) is 0. The van der Waals surface area contributed by atoms with Crippen LogP contribution in [0.15, 0.2) is 0 Å². The maximum atomic E-state index is 13.1. The lowest BCUT2D eigenvalue weighted by Gasteiger charge is -2.21. The Bertz CT molecular complexity index is 1980. The van der Waals surface area contributed by atoms with Crippen molar-refractivity contribution in [2.75, 3.05) is 39.6 Å². The van der Waals surface area contributed by atoms with Crippen molar-refractivity contribution in [3.8, 4) is 0 Å². The lowest BCUT2D eigenvalue weighted by Crippen LogP contribution is -2.30.